The van der Waals surface area contributed by atoms with Crippen LogP contribution in [0.5, 0.6) is 23.0 Å². The lowest BCUT2D eigenvalue weighted by Crippen LogP contribution is -2.20. The van der Waals surface area contributed by atoms with Crippen molar-refractivity contribution in [3.05, 3.63) is 52.8 Å². The number of fused-ring (bicyclic) bond motifs is 1. The van der Waals surface area contributed by atoms with Crippen LogP contribution in [-0.2, 0) is 17.6 Å². The van der Waals surface area contributed by atoms with Crippen LogP contribution in [0, 0.1) is 5.92 Å². The number of aromatic hydroxyl groups is 1. The van der Waals surface area contributed by atoms with Crippen molar-refractivity contribution in [1.82, 2.24) is 0 Å². The minimum absolute atomic E-state index is 0.0684. The molecule has 2 N–H and O–H groups in total. The van der Waals surface area contributed by atoms with E-state index < -0.39 is 6.10 Å². The van der Waals surface area contributed by atoms with Crippen molar-refractivity contribution in [1.29, 1.82) is 0 Å². The van der Waals surface area contributed by atoms with Gasteiger partial charge in [0.15, 0.2) is 5.76 Å². The number of ether oxygens (including phenoxy) is 4. The number of methoxy groups -OCH3 is 3. The molecule has 1 unspecified atom stereocenters. The van der Waals surface area contributed by atoms with Crippen LogP contribution in [0.3, 0.4) is 0 Å². The number of hydrogen-bond acceptors (Lipinski definition) is 6. The Balaban J connectivity index is 2.10. The van der Waals surface area contributed by atoms with Gasteiger partial charge in [0, 0.05) is 35.6 Å². The third-order valence-corrected chi connectivity index (χ3v) is 5.22. The quantitative estimate of drug-likeness (QED) is 0.734. The van der Waals surface area contributed by atoms with E-state index >= 15 is 0 Å². The van der Waals surface area contributed by atoms with Crippen molar-refractivity contribution in [2.45, 2.75) is 32.8 Å². The number of phenols is 1. The fourth-order valence-electron chi connectivity index (χ4n) is 3.35. The minimum Gasteiger partial charge on any atom is -0.507 e. The molecule has 6 heteroatoms. The van der Waals surface area contributed by atoms with Crippen molar-refractivity contribution in [2.24, 2.45) is 5.92 Å². The van der Waals surface area contributed by atoms with Crippen LogP contribution >= 0.6 is 0 Å². The van der Waals surface area contributed by atoms with E-state index in [1.165, 1.54) is 7.11 Å². The van der Waals surface area contributed by atoms with Crippen molar-refractivity contribution >= 4 is 5.76 Å². The highest BCUT2D eigenvalue weighted by Gasteiger charge is 2.30. The molecule has 0 aliphatic carbocycles. The summed E-state index contributed by atoms with van der Waals surface area (Å²) in [5.74, 6) is 3.05. The van der Waals surface area contributed by atoms with Gasteiger partial charge in [-0.15, -0.1) is 0 Å². The molecule has 0 bridgehead atoms. The second-order valence-electron chi connectivity index (χ2n) is 7.36. The third-order valence-electron chi connectivity index (χ3n) is 5.22. The summed E-state index contributed by atoms with van der Waals surface area (Å²) in [6.45, 7) is 3.91. The van der Waals surface area contributed by atoms with Crippen molar-refractivity contribution in [3.8, 4) is 23.0 Å². The predicted octanol–water partition coefficient (Wildman–Crippen LogP) is 3.92. The Kier molecular flexibility index (Phi) is 6.23. The zero-order chi connectivity index (χ0) is 21.1. The van der Waals surface area contributed by atoms with Gasteiger partial charge < -0.3 is 29.2 Å². The lowest BCUT2D eigenvalue weighted by atomic mass is 9.93. The van der Waals surface area contributed by atoms with E-state index in [0.717, 1.165) is 16.9 Å². The molecule has 0 aromatic heterocycles. The van der Waals surface area contributed by atoms with Gasteiger partial charge in [0.2, 0.25) is 0 Å². The number of phenolic OH excluding ortho intramolecular Hbond substituents is 1. The Labute approximate surface area is 171 Å². The maximum absolute atomic E-state index is 10.6. The molecule has 29 heavy (non-hydrogen) atoms. The van der Waals surface area contributed by atoms with E-state index in [1.807, 2.05) is 38.1 Å². The monoisotopic (exact) mass is 400 g/mol. The smallest absolute Gasteiger partial charge is 0.172 e. The Morgan fingerprint density at radius 1 is 1.03 bits per heavy atom. The Morgan fingerprint density at radius 2 is 1.72 bits per heavy atom. The first-order valence-corrected chi connectivity index (χ1v) is 9.58. The zero-order valence-electron chi connectivity index (χ0n) is 17.5. The summed E-state index contributed by atoms with van der Waals surface area (Å²) in [6.07, 6.45) is 0.147. The molecule has 0 spiro atoms. The number of hydrogen-bond donors (Lipinski definition) is 2. The fraction of sp³-hybridized carbons (Fsp3) is 0.391. The lowest BCUT2D eigenvalue weighted by molar-refractivity contribution is 0.124. The number of aliphatic hydroxyl groups is 1. The molecule has 1 aliphatic heterocycles. The van der Waals surface area contributed by atoms with Crippen LogP contribution in [0.2, 0.25) is 0 Å². The van der Waals surface area contributed by atoms with Crippen molar-refractivity contribution in [2.75, 3.05) is 21.3 Å². The summed E-state index contributed by atoms with van der Waals surface area (Å²) in [6, 6.07) is 9.04. The summed E-state index contributed by atoms with van der Waals surface area (Å²) >= 11 is 0. The van der Waals surface area contributed by atoms with E-state index in [2.05, 4.69) is 0 Å². The zero-order valence-corrected chi connectivity index (χ0v) is 17.5. The molecule has 0 amide bonds. The normalized spacial score (nSPS) is 14.3. The summed E-state index contributed by atoms with van der Waals surface area (Å²) < 4.78 is 22.6. The number of rotatable bonds is 7. The minimum atomic E-state index is -0.571. The molecule has 2 aromatic rings. The highest BCUT2D eigenvalue weighted by molar-refractivity contribution is 5.71. The molecule has 0 saturated carbocycles. The molecule has 1 heterocycles. The van der Waals surface area contributed by atoms with Gasteiger partial charge in [-0.2, -0.15) is 0 Å². The van der Waals surface area contributed by atoms with Gasteiger partial charge >= 0.3 is 0 Å². The topological polar surface area (TPSA) is 77.4 Å². The highest BCUT2D eigenvalue weighted by atomic mass is 16.5. The summed E-state index contributed by atoms with van der Waals surface area (Å²) in [5, 5.41) is 21.0. The van der Waals surface area contributed by atoms with Crippen LogP contribution in [0.15, 0.2) is 36.1 Å². The van der Waals surface area contributed by atoms with Crippen molar-refractivity contribution < 1.29 is 29.2 Å². The SMILES string of the molecule is COC1=C(c2ccc(OC)cc2)Oc2c(c(O)cc(OC)c2CC(O)C(C)C)C1. The number of aliphatic hydroxyl groups excluding tert-OH is 1. The van der Waals surface area contributed by atoms with Gasteiger partial charge in [0.25, 0.3) is 0 Å². The Hall–Kier alpha value is -2.86. The molecule has 0 saturated heterocycles. The molecule has 0 radical (unpaired) electrons. The second kappa shape index (κ2) is 8.66. The number of benzene rings is 2. The van der Waals surface area contributed by atoms with E-state index in [1.54, 1.807) is 20.3 Å². The fourth-order valence-corrected chi connectivity index (χ4v) is 3.35. The third kappa shape index (κ3) is 4.12. The highest BCUT2D eigenvalue weighted by Crippen LogP contribution is 2.46. The van der Waals surface area contributed by atoms with Gasteiger partial charge in [0.1, 0.15) is 28.8 Å². The first-order valence-electron chi connectivity index (χ1n) is 9.58. The van der Waals surface area contributed by atoms with Gasteiger partial charge in [-0.25, -0.2) is 0 Å². The van der Waals surface area contributed by atoms with E-state index in [4.69, 9.17) is 18.9 Å². The average molecular weight is 400 g/mol. The molecule has 1 aliphatic rings. The first kappa shape index (κ1) is 20.9. The molecule has 6 nitrogen and oxygen atoms in total. The standard InChI is InChI=1S/C23H28O6/c1-13(2)18(24)10-17-20(27-4)12-19(25)16-11-21(28-5)22(29-23(16)17)14-6-8-15(26-3)9-7-14/h6-9,12-13,18,24-25H,10-11H2,1-5H3. The van der Waals surface area contributed by atoms with Gasteiger partial charge in [-0.3, -0.25) is 0 Å². The van der Waals surface area contributed by atoms with Crippen LogP contribution < -0.4 is 14.2 Å². The first-order chi connectivity index (χ1) is 13.9. The lowest BCUT2D eigenvalue weighted by Gasteiger charge is -2.28. The summed E-state index contributed by atoms with van der Waals surface area (Å²) in [4.78, 5) is 0. The molecule has 1 atom stereocenters. The largest absolute Gasteiger partial charge is 0.507 e. The summed E-state index contributed by atoms with van der Waals surface area (Å²) in [5.41, 5.74) is 2.17. The van der Waals surface area contributed by atoms with Crippen LogP contribution in [-0.4, -0.2) is 37.6 Å². The van der Waals surface area contributed by atoms with Crippen LogP contribution in [0.4, 0.5) is 0 Å². The average Bonchev–Trinajstić information content (AvgIpc) is 2.74. The maximum atomic E-state index is 10.6. The van der Waals surface area contributed by atoms with Crippen molar-refractivity contribution in [3.63, 3.8) is 0 Å². The Morgan fingerprint density at radius 3 is 2.28 bits per heavy atom. The predicted molar refractivity (Wildman–Crippen MR) is 110 cm³/mol. The molecule has 0 fully saturated rings. The maximum Gasteiger partial charge on any atom is 0.172 e. The molecule has 156 valence electrons. The molecular formula is C23H28O6. The van der Waals surface area contributed by atoms with Gasteiger partial charge in [-0.1, -0.05) is 13.8 Å². The molecule has 2 aromatic carbocycles. The van der Waals surface area contributed by atoms with E-state index in [9.17, 15) is 10.2 Å². The van der Waals surface area contributed by atoms with Gasteiger partial charge in [0.05, 0.1) is 27.4 Å². The molecular weight excluding hydrogens is 372 g/mol. The second-order valence-corrected chi connectivity index (χ2v) is 7.36. The van der Waals surface area contributed by atoms with E-state index in [0.29, 0.717) is 41.4 Å². The van der Waals surface area contributed by atoms with E-state index in [-0.39, 0.29) is 11.7 Å². The van der Waals surface area contributed by atoms with Crippen LogP contribution in [0.25, 0.3) is 5.76 Å². The number of allylic oxidation sites excluding steroid dienone is 1. The summed E-state index contributed by atoms with van der Waals surface area (Å²) in [7, 11) is 4.73. The van der Waals surface area contributed by atoms with Gasteiger partial charge in [-0.05, 0) is 30.2 Å². The van der Waals surface area contributed by atoms with Crippen LogP contribution in [0.1, 0.15) is 30.5 Å². The molecule has 3 rings (SSSR count). The Bertz CT molecular complexity index is 899.